The van der Waals surface area contributed by atoms with Gasteiger partial charge in [0.05, 0.1) is 5.92 Å². The predicted molar refractivity (Wildman–Crippen MR) is 131 cm³/mol. The van der Waals surface area contributed by atoms with Crippen molar-refractivity contribution >= 4 is 5.97 Å². The van der Waals surface area contributed by atoms with E-state index in [1.165, 1.54) is 37.7 Å². The SMILES string of the molecule is CCCCCCCc1cnc(-c2ccc(-c3ccc(C(CCC)C(=O)O)cc3)cc2)nc1. The van der Waals surface area contributed by atoms with E-state index in [4.69, 9.17) is 0 Å². The van der Waals surface area contributed by atoms with Gasteiger partial charge < -0.3 is 5.11 Å². The zero-order valence-corrected chi connectivity index (χ0v) is 19.3. The van der Waals surface area contributed by atoms with Gasteiger partial charge in [0.15, 0.2) is 5.82 Å². The Morgan fingerprint density at radius 3 is 1.91 bits per heavy atom. The highest BCUT2D eigenvalue weighted by Gasteiger charge is 2.18. The number of aryl methyl sites for hydroxylation is 1. The molecule has 4 heteroatoms. The summed E-state index contributed by atoms with van der Waals surface area (Å²) in [5.41, 5.74) is 5.21. The zero-order chi connectivity index (χ0) is 22.8. The lowest BCUT2D eigenvalue weighted by molar-refractivity contribution is -0.139. The molecule has 0 bridgehead atoms. The maximum Gasteiger partial charge on any atom is 0.310 e. The molecule has 168 valence electrons. The lowest BCUT2D eigenvalue weighted by Crippen LogP contribution is -2.11. The van der Waals surface area contributed by atoms with Crippen molar-refractivity contribution in [2.45, 2.75) is 71.1 Å². The molecule has 3 aromatic rings. The standard InChI is InChI=1S/C28H34N2O2/c1-3-5-6-7-8-10-21-19-29-27(30-20-21)25-17-13-23(14-18-25)22-11-15-24(16-12-22)26(9-4-2)28(31)32/h11-20,26H,3-10H2,1-2H3,(H,31,32). The summed E-state index contributed by atoms with van der Waals surface area (Å²) in [7, 11) is 0. The van der Waals surface area contributed by atoms with Crippen molar-refractivity contribution in [1.29, 1.82) is 0 Å². The first-order chi connectivity index (χ1) is 15.6. The van der Waals surface area contributed by atoms with Crippen LogP contribution in [0.1, 0.15) is 75.8 Å². The second-order valence-electron chi connectivity index (χ2n) is 8.46. The van der Waals surface area contributed by atoms with Crippen molar-refractivity contribution in [2.75, 3.05) is 0 Å². The Labute approximate surface area is 191 Å². The van der Waals surface area contributed by atoms with Crippen molar-refractivity contribution in [1.82, 2.24) is 9.97 Å². The highest BCUT2D eigenvalue weighted by molar-refractivity contribution is 5.76. The highest BCUT2D eigenvalue weighted by atomic mass is 16.4. The van der Waals surface area contributed by atoms with Crippen molar-refractivity contribution in [3.63, 3.8) is 0 Å². The number of hydrogen-bond acceptors (Lipinski definition) is 3. The first-order valence-corrected chi connectivity index (χ1v) is 11.9. The zero-order valence-electron chi connectivity index (χ0n) is 19.3. The van der Waals surface area contributed by atoms with Crippen LogP contribution in [0, 0.1) is 0 Å². The molecule has 0 fully saturated rings. The van der Waals surface area contributed by atoms with Crippen LogP contribution in [0.4, 0.5) is 0 Å². The van der Waals surface area contributed by atoms with Crippen LogP contribution >= 0.6 is 0 Å². The van der Waals surface area contributed by atoms with E-state index in [0.29, 0.717) is 6.42 Å². The molecule has 4 nitrogen and oxygen atoms in total. The summed E-state index contributed by atoms with van der Waals surface area (Å²) < 4.78 is 0. The lowest BCUT2D eigenvalue weighted by atomic mass is 9.93. The van der Waals surface area contributed by atoms with E-state index in [2.05, 4.69) is 29.0 Å². The quantitative estimate of drug-likeness (QED) is 0.306. The first kappa shape index (κ1) is 23.6. The first-order valence-electron chi connectivity index (χ1n) is 11.9. The van der Waals surface area contributed by atoms with Gasteiger partial charge in [-0.05, 0) is 41.5 Å². The molecular weight excluding hydrogens is 396 g/mol. The molecule has 0 amide bonds. The van der Waals surface area contributed by atoms with E-state index in [9.17, 15) is 9.90 Å². The molecule has 1 heterocycles. The summed E-state index contributed by atoms with van der Waals surface area (Å²) in [4.78, 5) is 20.6. The van der Waals surface area contributed by atoms with E-state index in [1.54, 1.807) is 0 Å². The minimum Gasteiger partial charge on any atom is -0.481 e. The number of nitrogens with zero attached hydrogens (tertiary/aromatic N) is 2. The van der Waals surface area contributed by atoms with Gasteiger partial charge in [0.25, 0.3) is 0 Å². The highest BCUT2D eigenvalue weighted by Crippen LogP contribution is 2.27. The van der Waals surface area contributed by atoms with Gasteiger partial charge in [-0.25, -0.2) is 9.97 Å². The minimum absolute atomic E-state index is 0.437. The molecule has 32 heavy (non-hydrogen) atoms. The van der Waals surface area contributed by atoms with Gasteiger partial charge in [-0.2, -0.15) is 0 Å². The average Bonchev–Trinajstić information content (AvgIpc) is 2.83. The smallest absolute Gasteiger partial charge is 0.310 e. The van der Waals surface area contributed by atoms with Crippen LogP contribution in [0.3, 0.4) is 0 Å². The van der Waals surface area contributed by atoms with Gasteiger partial charge >= 0.3 is 5.97 Å². The maximum absolute atomic E-state index is 11.5. The van der Waals surface area contributed by atoms with Crippen LogP contribution < -0.4 is 0 Å². The molecule has 1 N–H and O–H groups in total. The maximum atomic E-state index is 11.5. The summed E-state index contributed by atoms with van der Waals surface area (Å²) in [6.45, 7) is 4.25. The number of carboxylic acid groups (broad SMARTS) is 1. The lowest BCUT2D eigenvalue weighted by Gasteiger charge is -2.12. The van der Waals surface area contributed by atoms with Crippen LogP contribution in [0.5, 0.6) is 0 Å². The average molecular weight is 431 g/mol. The summed E-state index contributed by atoms with van der Waals surface area (Å²) in [5.74, 6) is -0.454. The second-order valence-corrected chi connectivity index (χ2v) is 8.46. The van der Waals surface area contributed by atoms with Gasteiger partial charge in [0.1, 0.15) is 0 Å². The third kappa shape index (κ3) is 6.49. The van der Waals surface area contributed by atoms with Crippen molar-refractivity contribution in [3.8, 4) is 22.5 Å². The molecule has 1 unspecified atom stereocenters. The number of benzene rings is 2. The normalized spacial score (nSPS) is 11.9. The Balaban J connectivity index is 1.63. The van der Waals surface area contributed by atoms with Crippen LogP contribution in [-0.4, -0.2) is 21.0 Å². The number of aliphatic carboxylic acids is 1. The molecular formula is C28H34N2O2. The number of aromatic nitrogens is 2. The molecule has 0 aliphatic rings. The Morgan fingerprint density at radius 1 is 0.781 bits per heavy atom. The van der Waals surface area contributed by atoms with Crippen molar-refractivity contribution < 1.29 is 9.90 Å². The summed E-state index contributed by atoms with van der Waals surface area (Å²) >= 11 is 0. The Hall–Kier alpha value is -3.01. The largest absolute Gasteiger partial charge is 0.481 e. The Kier molecular flexibility index (Phi) is 8.97. The number of carboxylic acids is 1. The van der Waals surface area contributed by atoms with Crippen molar-refractivity contribution in [2.24, 2.45) is 0 Å². The molecule has 1 atom stereocenters. The second kappa shape index (κ2) is 12.1. The van der Waals surface area contributed by atoms with E-state index >= 15 is 0 Å². The molecule has 1 aromatic heterocycles. The van der Waals surface area contributed by atoms with Crippen LogP contribution in [0.25, 0.3) is 22.5 Å². The predicted octanol–water partition coefficient (Wildman–Crippen LogP) is 7.29. The number of rotatable bonds is 12. The molecule has 0 aliphatic carbocycles. The molecule has 0 saturated carbocycles. The van der Waals surface area contributed by atoms with E-state index in [0.717, 1.165) is 40.9 Å². The molecule has 2 aromatic carbocycles. The van der Waals surface area contributed by atoms with Gasteiger partial charge in [-0.15, -0.1) is 0 Å². The van der Waals surface area contributed by atoms with Gasteiger partial charge in [0, 0.05) is 18.0 Å². The van der Waals surface area contributed by atoms with Crippen LogP contribution in [0.15, 0.2) is 60.9 Å². The summed E-state index contributed by atoms with van der Waals surface area (Å²) in [6.07, 6.45) is 12.8. The minimum atomic E-state index is -0.758. The molecule has 0 spiro atoms. The topological polar surface area (TPSA) is 63.1 Å². The van der Waals surface area contributed by atoms with Gasteiger partial charge in [0.2, 0.25) is 0 Å². The van der Waals surface area contributed by atoms with E-state index in [1.807, 2.05) is 55.7 Å². The number of unbranched alkanes of at least 4 members (excludes halogenated alkanes) is 4. The van der Waals surface area contributed by atoms with Gasteiger partial charge in [-0.1, -0.05) is 94.5 Å². The van der Waals surface area contributed by atoms with Crippen LogP contribution in [-0.2, 0) is 11.2 Å². The van der Waals surface area contributed by atoms with Crippen LogP contribution in [0.2, 0.25) is 0 Å². The fourth-order valence-corrected chi connectivity index (χ4v) is 4.01. The number of carbonyl (C=O) groups is 1. The van der Waals surface area contributed by atoms with Gasteiger partial charge in [-0.3, -0.25) is 4.79 Å². The molecule has 0 radical (unpaired) electrons. The molecule has 0 saturated heterocycles. The monoisotopic (exact) mass is 430 g/mol. The number of hydrogen-bond donors (Lipinski definition) is 1. The third-order valence-electron chi connectivity index (χ3n) is 5.94. The summed E-state index contributed by atoms with van der Waals surface area (Å²) in [5, 5.41) is 9.46. The fraction of sp³-hybridized carbons (Fsp3) is 0.393. The van der Waals surface area contributed by atoms with E-state index in [-0.39, 0.29) is 0 Å². The fourth-order valence-electron chi connectivity index (χ4n) is 4.01. The summed E-state index contributed by atoms with van der Waals surface area (Å²) in [6, 6.07) is 16.1. The molecule has 3 rings (SSSR count). The molecule has 0 aliphatic heterocycles. The van der Waals surface area contributed by atoms with Crippen molar-refractivity contribution in [3.05, 3.63) is 72.1 Å². The third-order valence-corrected chi connectivity index (χ3v) is 5.94. The van der Waals surface area contributed by atoms with E-state index < -0.39 is 11.9 Å². The Bertz CT molecular complexity index is 964. The Morgan fingerprint density at radius 2 is 1.34 bits per heavy atom.